The van der Waals surface area contributed by atoms with Gasteiger partial charge in [-0.15, -0.1) is 0 Å². The van der Waals surface area contributed by atoms with E-state index in [2.05, 4.69) is 9.55 Å². The van der Waals surface area contributed by atoms with Crippen LogP contribution in [0.25, 0.3) is 0 Å². The molecule has 1 fully saturated rings. The highest BCUT2D eigenvalue weighted by atomic mass is 35.5. The number of imidazole rings is 1. The number of aliphatic hydroxyl groups excluding tert-OH is 1. The van der Waals surface area contributed by atoms with Crippen molar-refractivity contribution < 1.29 is 5.11 Å². The lowest BCUT2D eigenvalue weighted by Crippen LogP contribution is -2.08. The van der Waals surface area contributed by atoms with Crippen molar-refractivity contribution in [1.82, 2.24) is 9.55 Å². The van der Waals surface area contributed by atoms with Crippen LogP contribution in [0.15, 0.2) is 30.7 Å². The lowest BCUT2D eigenvalue weighted by atomic mass is 10.0. The van der Waals surface area contributed by atoms with E-state index in [1.165, 1.54) is 12.8 Å². The van der Waals surface area contributed by atoms with Crippen LogP contribution in [0.5, 0.6) is 0 Å². The van der Waals surface area contributed by atoms with Gasteiger partial charge in [-0.25, -0.2) is 4.98 Å². The third-order valence-corrected chi connectivity index (χ3v) is 3.95. The van der Waals surface area contributed by atoms with Gasteiger partial charge in [-0.3, -0.25) is 0 Å². The first-order chi connectivity index (χ1) is 9.15. The fourth-order valence-electron chi connectivity index (χ4n) is 2.36. The summed E-state index contributed by atoms with van der Waals surface area (Å²) in [6.07, 6.45) is 5.90. The van der Waals surface area contributed by atoms with Crippen molar-refractivity contribution in [2.24, 2.45) is 0 Å². The predicted molar refractivity (Wildman–Crippen MR) is 75.4 cm³/mol. The summed E-state index contributed by atoms with van der Waals surface area (Å²) in [5, 5.41) is 11.1. The summed E-state index contributed by atoms with van der Waals surface area (Å²) in [6.45, 7) is 2.01. The zero-order chi connectivity index (χ0) is 13.4. The Morgan fingerprint density at radius 3 is 2.95 bits per heavy atom. The van der Waals surface area contributed by atoms with Crippen LogP contribution >= 0.6 is 11.6 Å². The maximum absolute atomic E-state index is 10.4. The van der Waals surface area contributed by atoms with Crippen molar-refractivity contribution in [2.75, 3.05) is 0 Å². The minimum absolute atomic E-state index is 0.525. The van der Waals surface area contributed by atoms with Crippen LogP contribution in [-0.2, 0) is 6.42 Å². The molecule has 1 heterocycles. The van der Waals surface area contributed by atoms with Gasteiger partial charge in [0.05, 0.1) is 24.3 Å². The number of aromatic nitrogens is 2. The molecule has 0 aliphatic heterocycles. The van der Waals surface area contributed by atoms with Crippen LogP contribution < -0.4 is 0 Å². The molecular formula is C15H17ClN2O. The van der Waals surface area contributed by atoms with Gasteiger partial charge in [0.2, 0.25) is 0 Å². The molecule has 1 unspecified atom stereocenters. The van der Waals surface area contributed by atoms with E-state index in [0.29, 0.717) is 12.5 Å². The fourth-order valence-corrected chi connectivity index (χ4v) is 2.67. The third-order valence-electron chi connectivity index (χ3n) is 3.60. The van der Waals surface area contributed by atoms with E-state index in [4.69, 9.17) is 11.6 Å². The average molecular weight is 277 g/mol. The molecule has 0 spiro atoms. The van der Waals surface area contributed by atoms with Crippen molar-refractivity contribution in [3.05, 3.63) is 52.6 Å². The number of rotatable bonds is 4. The van der Waals surface area contributed by atoms with E-state index in [1.807, 2.05) is 31.5 Å². The van der Waals surface area contributed by atoms with Gasteiger partial charge in [-0.1, -0.05) is 23.7 Å². The van der Waals surface area contributed by atoms with Crippen LogP contribution in [0.1, 0.15) is 41.8 Å². The second kappa shape index (κ2) is 4.99. The number of halogens is 1. The molecule has 0 amide bonds. The summed E-state index contributed by atoms with van der Waals surface area (Å²) in [5.74, 6) is 0. The molecule has 1 aromatic carbocycles. The zero-order valence-electron chi connectivity index (χ0n) is 10.9. The molecule has 1 atom stereocenters. The Morgan fingerprint density at radius 2 is 2.26 bits per heavy atom. The monoisotopic (exact) mass is 276 g/mol. The molecule has 0 bridgehead atoms. The molecule has 2 aromatic rings. The van der Waals surface area contributed by atoms with Crippen LogP contribution in [0.3, 0.4) is 0 Å². The first-order valence-corrected chi connectivity index (χ1v) is 6.98. The van der Waals surface area contributed by atoms with Gasteiger partial charge in [-0.2, -0.15) is 0 Å². The Labute approximate surface area is 117 Å². The molecule has 1 aliphatic rings. The van der Waals surface area contributed by atoms with Crippen molar-refractivity contribution >= 4 is 11.6 Å². The Bertz CT molecular complexity index is 590. The summed E-state index contributed by atoms with van der Waals surface area (Å²) in [6, 6.07) is 6.47. The first kappa shape index (κ1) is 12.7. The Hall–Kier alpha value is -1.32. The fraction of sp³-hybridized carbons (Fsp3) is 0.400. The molecule has 3 rings (SSSR count). The second-order valence-corrected chi connectivity index (χ2v) is 5.68. The molecule has 1 N–H and O–H groups in total. The highest BCUT2D eigenvalue weighted by Gasteiger charge is 2.27. The molecule has 19 heavy (non-hydrogen) atoms. The molecule has 0 saturated heterocycles. The summed E-state index contributed by atoms with van der Waals surface area (Å²) in [7, 11) is 0. The third kappa shape index (κ3) is 2.67. The van der Waals surface area contributed by atoms with Crippen LogP contribution in [-0.4, -0.2) is 14.7 Å². The van der Waals surface area contributed by atoms with E-state index in [1.54, 1.807) is 6.20 Å². The lowest BCUT2D eigenvalue weighted by Gasteiger charge is -2.14. The quantitative estimate of drug-likeness (QED) is 0.929. The second-order valence-electron chi connectivity index (χ2n) is 5.27. The van der Waals surface area contributed by atoms with Crippen LogP contribution in [0.4, 0.5) is 0 Å². The van der Waals surface area contributed by atoms with Gasteiger partial charge < -0.3 is 9.67 Å². The number of aliphatic hydroxyl groups is 1. The number of nitrogens with zero attached hydrogens (tertiary/aromatic N) is 2. The normalized spacial score (nSPS) is 16.6. The van der Waals surface area contributed by atoms with Gasteiger partial charge in [0, 0.05) is 17.5 Å². The first-order valence-electron chi connectivity index (χ1n) is 6.60. The molecule has 1 aromatic heterocycles. The number of aryl methyl sites for hydroxylation is 1. The van der Waals surface area contributed by atoms with Gasteiger partial charge in [0.25, 0.3) is 0 Å². The number of benzene rings is 1. The average Bonchev–Trinajstić information content (AvgIpc) is 3.10. The maximum atomic E-state index is 10.4. The van der Waals surface area contributed by atoms with E-state index < -0.39 is 6.10 Å². The minimum atomic E-state index is -0.552. The molecule has 3 nitrogen and oxygen atoms in total. The van der Waals surface area contributed by atoms with Crippen molar-refractivity contribution in [3.8, 4) is 0 Å². The zero-order valence-corrected chi connectivity index (χ0v) is 11.6. The topological polar surface area (TPSA) is 38.1 Å². The summed E-state index contributed by atoms with van der Waals surface area (Å²) in [5.41, 5.74) is 2.99. The van der Waals surface area contributed by atoms with E-state index in [0.717, 1.165) is 21.8 Å². The van der Waals surface area contributed by atoms with Crippen LogP contribution in [0.2, 0.25) is 5.02 Å². The van der Waals surface area contributed by atoms with Crippen molar-refractivity contribution in [3.63, 3.8) is 0 Å². The molecule has 4 heteroatoms. The summed E-state index contributed by atoms with van der Waals surface area (Å²) >= 11 is 6.22. The van der Waals surface area contributed by atoms with Gasteiger partial charge >= 0.3 is 0 Å². The van der Waals surface area contributed by atoms with Crippen LogP contribution in [0, 0.1) is 6.92 Å². The molecular weight excluding hydrogens is 260 g/mol. The number of hydrogen-bond acceptors (Lipinski definition) is 2. The Morgan fingerprint density at radius 1 is 1.47 bits per heavy atom. The van der Waals surface area contributed by atoms with Crippen molar-refractivity contribution in [1.29, 1.82) is 0 Å². The largest absolute Gasteiger partial charge is 0.386 e. The Kier molecular flexibility index (Phi) is 3.33. The minimum Gasteiger partial charge on any atom is -0.386 e. The highest BCUT2D eigenvalue weighted by molar-refractivity contribution is 6.31. The highest BCUT2D eigenvalue weighted by Crippen LogP contribution is 2.37. The molecule has 0 radical (unpaired) electrons. The summed E-state index contributed by atoms with van der Waals surface area (Å²) in [4.78, 5) is 4.15. The van der Waals surface area contributed by atoms with Gasteiger partial charge in [0.1, 0.15) is 0 Å². The standard InChI is InChI=1S/C15H17ClN2O/c1-10-2-3-11(13(16)6-10)7-15(19)14-8-17-9-18(14)12-4-5-12/h2-3,6,8-9,12,15,19H,4-5,7H2,1H3. The summed E-state index contributed by atoms with van der Waals surface area (Å²) < 4.78 is 2.09. The van der Waals surface area contributed by atoms with Crippen molar-refractivity contribution in [2.45, 2.75) is 38.3 Å². The van der Waals surface area contributed by atoms with E-state index in [9.17, 15) is 5.11 Å². The van der Waals surface area contributed by atoms with E-state index >= 15 is 0 Å². The lowest BCUT2D eigenvalue weighted by molar-refractivity contribution is 0.168. The molecule has 1 aliphatic carbocycles. The van der Waals surface area contributed by atoms with E-state index in [-0.39, 0.29) is 0 Å². The predicted octanol–water partition coefficient (Wildman–Crippen LogP) is 3.46. The molecule has 1 saturated carbocycles. The smallest absolute Gasteiger partial charge is 0.0996 e. The van der Waals surface area contributed by atoms with Gasteiger partial charge in [-0.05, 0) is 37.0 Å². The van der Waals surface area contributed by atoms with Gasteiger partial charge in [0.15, 0.2) is 0 Å². The SMILES string of the molecule is Cc1ccc(CC(O)c2cncn2C2CC2)c(Cl)c1. The maximum Gasteiger partial charge on any atom is 0.0996 e. The molecule has 100 valence electrons. The Balaban J connectivity index is 1.80. The number of hydrogen-bond donors (Lipinski definition) is 1.